The molecule has 1 aromatic heterocycles. The number of hydrogen-bond donors (Lipinski definition) is 1. The topological polar surface area (TPSA) is 50.2 Å². The van der Waals surface area contributed by atoms with Crippen LogP contribution in [0.15, 0.2) is 18.2 Å². The van der Waals surface area contributed by atoms with Crippen LogP contribution in [0.25, 0.3) is 5.69 Å². The Labute approximate surface area is 164 Å². The number of amides is 1. The van der Waals surface area contributed by atoms with E-state index in [0.717, 1.165) is 48.7 Å². The zero-order valence-electron chi connectivity index (χ0n) is 15.4. The quantitative estimate of drug-likeness (QED) is 0.844. The number of likely N-dealkylation sites (tertiary alicyclic amines) is 1. The van der Waals surface area contributed by atoms with E-state index in [9.17, 15) is 4.79 Å². The second-order valence-electron chi connectivity index (χ2n) is 6.89. The Hall–Kier alpha value is -1.56. The molecule has 0 unspecified atom stereocenters. The Kier molecular flexibility index (Phi) is 5.90. The van der Waals surface area contributed by atoms with Gasteiger partial charge in [0.15, 0.2) is 0 Å². The van der Waals surface area contributed by atoms with E-state index in [4.69, 9.17) is 23.2 Å². The van der Waals surface area contributed by atoms with E-state index < -0.39 is 0 Å². The number of nitrogens with one attached hydrogen (secondary N) is 1. The summed E-state index contributed by atoms with van der Waals surface area (Å²) in [5.41, 5.74) is 3.65. The highest BCUT2D eigenvalue weighted by Crippen LogP contribution is 2.27. The molecule has 2 heterocycles. The molecule has 1 amide bonds. The van der Waals surface area contributed by atoms with Crippen LogP contribution in [0.4, 0.5) is 0 Å². The van der Waals surface area contributed by atoms with Gasteiger partial charge in [-0.25, -0.2) is 4.68 Å². The Bertz CT molecular complexity index is 818. The van der Waals surface area contributed by atoms with E-state index in [1.54, 1.807) is 12.1 Å². The highest BCUT2D eigenvalue weighted by atomic mass is 35.5. The minimum atomic E-state index is 0.170. The smallest absolute Gasteiger partial charge is 0.227 e. The maximum Gasteiger partial charge on any atom is 0.227 e. The van der Waals surface area contributed by atoms with Gasteiger partial charge in [0.25, 0.3) is 0 Å². The molecule has 1 aliphatic rings. The third-order valence-corrected chi connectivity index (χ3v) is 5.79. The molecule has 140 valence electrons. The first-order valence-corrected chi connectivity index (χ1v) is 9.59. The molecular weight excluding hydrogens is 371 g/mol. The van der Waals surface area contributed by atoms with Gasteiger partial charge < -0.3 is 10.2 Å². The van der Waals surface area contributed by atoms with Crippen LogP contribution in [0, 0.1) is 19.8 Å². The molecule has 26 heavy (non-hydrogen) atoms. The number of carbonyl (C=O) groups is 1. The van der Waals surface area contributed by atoms with Gasteiger partial charge in [-0.1, -0.05) is 23.2 Å². The zero-order valence-corrected chi connectivity index (χ0v) is 16.9. The predicted molar refractivity (Wildman–Crippen MR) is 105 cm³/mol. The van der Waals surface area contributed by atoms with Crippen LogP contribution in [0.2, 0.25) is 10.0 Å². The molecule has 1 atom stereocenters. The van der Waals surface area contributed by atoms with Crippen molar-refractivity contribution in [3.05, 3.63) is 45.2 Å². The first-order chi connectivity index (χ1) is 12.4. The van der Waals surface area contributed by atoms with Crippen molar-refractivity contribution < 1.29 is 4.79 Å². The highest BCUT2D eigenvalue weighted by molar-refractivity contribution is 6.42. The summed E-state index contributed by atoms with van der Waals surface area (Å²) in [7, 11) is 1.95. The number of aryl methyl sites for hydroxylation is 1. The van der Waals surface area contributed by atoms with Gasteiger partial charge in [-0.3, -0.25) is 4.79 Å². The summed E-state index contributed by atoms with van der Waals surface area (Å²) in [6.07, 6.45) is 1.44. The lowest BCUT2D eigenvalue weighted by Crippen LogP contribution is -2.31. The van der Waals surface area contributed by atoms with E-state index in [0.29, 0.717) is 22.4 Å². The van der Waals surface area contributed by atoms with E-state index in [-0.39, 0.29) is 5.91 Å². The van der Waals surface area contributed by atoms with Gasteiger partial charge in [-0.05, 0) is 58.0 Å². The lowest BCUT2D eigenvalue weighted by atomic mass is 10.1. The second-order valence-corrected chi connectivity index (χ2v) is 7.70. The van der Waals surface area contributed by atoms with Crippen molar-refractivity contribution in [2.75, 3.05) is 26.7 Å². The molecule has 1 saturated heterocycles. The number of carbonyl (C=O) groups excluding carboxylic acids is 1. The van der Waals surface area contributed by atoms with Gasteiger partial charge in [-0.15, -0.1) is 0 Å². The number of aromatic nitrogens is 2. The fraction of sp³-hybridized carbons (Fsp3) is 0.474. The minimum Gasteiger partial charge on any atom is -0.342 e. The molecular formula is C19H24Cl2N4O. The van der Waals surface area contributed by atoms with Gasteiger partial charge in [0.2, 0.25) is 5.91 Å². The van der Waals surface area contributed by atoms with Crippen LogP contribution in [-0.2, 0) is 11.2 Å². The van der Waals surface area contributed by atoms with Crippen molar-refractivity contribution in [2.45, 2.75) is 26.7 Å². The van der Waals surface area contributed by atoms with Crippen LogP contribution in [0.3, 0.4) is 0 Å². The van der Waals surface area contributed by atoms with Crippen LogP contribution < -0.4 is 5.32 Å². The first kappa shape index (κ1) is 19.2. The maximum atomic E-state index is 12.7. The standard InChI is InChI=1S/C19H24Cl2N4O/c1-12-16(9-19(26)24-7-6-14(11-24)10-22-3)13(2)25(23-12)15-4-5-17(20)18(21)8-15/h4-5,8,14,22H,6-7,9-11H2,1-3H3/t14-/m0/s1. The summed E-state index contributed by atoms with van der Waals surface area (Å²) in [5.74, 6) is 0.716. The van der Waals surface area contributed by atoms with Crippen molar-refractivity contribution in [3.8, 4) is 5.69 Å². The molecule has 1 N–H and O–H groups in total. The maximum absolute atomic E-state index is 12.7. The normalized spacial score (nSPS) is 17.1. The summed E-state index contributed by atoms with van der Waals surface area (Å²) in [6, 6.07) is 5.42. The molecule has 5 nitrogen and oxygen atoms in total. The molecule has 1 aromatic carbocycles. The summed E-state index contributed by atoms with van der Waals surface area (Å²) in [5, 5.41) is 8.80. The molecule has 0 spiro atoms. The van der Waals surface area contributed by atoms with Gasteiger partial charge >= 0.3 is 0 Å². The van der Waals surface area contributed by atoms with Crippen LogP contribution in [0.1, 0.15) is 23.4 Å². The average molecular weight is 395 g/mol. The number of hydrogen-bond acceptors (Lipinski definition) is 3. The first-order valence-electron chi connectivity index (χ1n) is 8.83. The largest absolute Gasteiger partial charge is 0.342 e. The van der Waals surface area contributed by atoms with Gasteiger partial charge in [0.1, 0.15) is 0 Å². The van der Waals surface area contributed by atoms with Gasteiger partial charge in [0, 0.05) is 24.3 Å². The minimum absolute atomic E-state index is 0.170. The van der Waals surface area contributed by atoms with Crippen molar-refractivity contribution in [2.24, 2.45) is 5.92 Å². The molecule has 2 aromatic rings. The molecule has 7 heteroatoms. The summed E-state index contributed by atoms with van der Waals surface area (Å²) in [4.78, 5) is 14.7. The predicted octanol–water partition coefficient (Wildman–Crippen LogP) is 3.41. The third-order valence-electron chi connectivity index (χ3n) is 5.05. The van der Waals surface area contributed by atoms with E-state index in [2.05, 4.69) is 10.4 Å². The summed E-state index contributed by atoms with van der Waals surface area (Å²) < 4.78 is 1.83. The molecule has 1 aliphatic heterocycles. The Morgan fingerprint density at radius 2 is 2.08 bits per heavy atom. The van der Waals surface area contributed by atoms with Crippen LogP contribution in [0.5, 0.6) is 0 Å². The van der Waals surface area contributed by atoms with E-state index in [1.165, 1.54) is 0 Å². The number of benzene rings is 1. The molecule has 0 radical (unpaired) electrons. The average Bonchev–Trinajstić information content (AvgIpc) is 3.18. The SMILES string of the molecule is CNC[C@@H]1CCN(C(=O)Cc2c(C)nn(-c3ccc(Cl)c(Cl)c3)c2C)C1. The molecule has 3 rings (SSSR count). The van der Waals surface area contributed by atoms with Crippen molar-refractivity contribution in [3.63, 3.8) is 0 Å². The van der Waals surface area contributed by atoms with Crippen LogP contribution >= 0.6 is 23.2 Å². The number of rotatable bonds is 5. The van der Waals surface area contributed by atoms with E-state index >= 15 is 0 Å². The number of halogens is 2. The zero-order chi connectivity index (χ0) is 18.8. The van der Waals surface area contributed by atoms with Crippen molar-refractivity contribution in [1.82, 2.24) is 20.0 Å². The fourth-order valence-electron chi connectivity index (χ4n) is 3.58. The Morgan fingerprint density at radius 3 is 2.77 bits per heavy atom. The summed E-state index contributed by atoms with van der Waals surface area (Å²) in [6.45, 7) is 6.55. The summed E-state index contributed by atoms with van der Waals surface area (Å²) >= 11 is 12.1. The molecule has 1 fully saturated rings. The fourth-order valence-corrected chi connectivity index (χ4v) is 3.87. The van der Waals surface area contributed by atoms with Crippen LogP contribution in [-0.4, -0.2) is 47.3 Å². The van der Waals surface area contributed by atoms with Gasteiger partial charge in [0.05, 0.1) is 27.8 Å². The second kappa shape index (κ2) is 7.99. The Morgan fingerprint density at radius 1 is 1.31 bits per heavy atom. The van der Waals surface area contributed by atoms with E-state index in [1.807, 2.05) is 36.5 Å². The lowest BCUT2D eigenvalue weighted by Gasteiger charge is -2.17. The Balaban J connectivity index is 1.78. The monoisotopic (exact) mass is 394 g/mol. The van der Waals surface area contributed by atoms with Crippen molar-refractivity contribution >= 4 is 29.1 Å². The molecule has 0 aliphatic carbocycles. The highest BCUT2D eigenvalue weighted by Gasteiger charge is 2.27. The third kappa shape index (κ3) is 3.90. The lowest BCUT2D eigenvalue weighted by molar-refractivity contribution is -0.129. The van der Waals surface area contributed by atoms with Gasteiger partial charge in [-0.2, -0.15) is 5.10 Å². The van der Waals surface area contributed by atoms with Crippen molar-refractivity contribution in [1.29, 1.82) is 0 Å². The number of nitrogens with zero attached hydrogens (tertiary/aromatic N) is 3. The molecule has 0 saturated carbocycles. The molecule has 0 bridgehead atoms.